The number of alkyl halides is 2. The van der Waals surface area contributed by atoms with Crippen LogP contribution >= 0.6 is 11.6 Å². The van der Waals surface area contributed by atoms with Gasteiger partial charge in [0.2, 0.25) is 0 Å². The Morgan fingerprint density at radius 2 is 2.29 bits per heavy atom. The van der Waals surface area contributed by atoms with Crippen molar-refractivity contribution < 1.29 is 23.4 Å². The summed E-state index contributed by atoms with van der Waals surface area (Å²) in [7, 11) is 0. The molecule has 0 saturated carbocycles. The van der Waals surface area contributed by atoms with Crippen molar-refractivity contribution in [1.29, 1.82) is 0 Å². The standard InChI is InChI=1S/C7H4ClF2NO3/c8-4-1-3(14-7(9)10)2-11-5(4)6(12)13/h1-2,7H,(H,12,13). The molecule has 0 spiro atoms. The molecule has 1 aromatic rings. The minimum Gasteiger partial charge on any atom is -0.476 e. The van der Waals surface area contributed by atoms with E-state index in [1.807, 2.05) is 0 Å². The van der Waals surface area contributed by atoms with Crippen molar-refractivity contribution in [2.24, 2.45) is 0 Å². The average Bonchev–Trinajstić information content (AvgIpc) is 2.01. The van der Waals surface area contributed by atoms with E-state index in [0.717, 1.165) is 12.3 Å². The van der Waals surface area contributed by atoms with E-state index < -0.39 is 18.3 Å². The normalized spacial score (nSPS) is 10.3. The second-order valence-corrected chi connectivity index (χ2v) is 2.59. The van der Waals surface area contributed by atoms with Crippen molar-refractivity contribution in [3.05, 3.63) is 23.0 Å². The largest absolute Gasteiger partial charge is 0.476 e. The Kier molecular flexibility index (Phi) is 3.19. The lowest BCUT2D eigenvalue weighted by molar-refractivity contribution is -0.0500. The summed E-state index contributed by atoms with van der Waals surface area (Å²) in [5.74, 6) is -1.62. The number of pyridine rings is 1. The number of hydrogen-bond donors (Lipinski definition) is 1. The molecule has 0 bridgehead atoms. The summed E-state index contributed by atoms with van der Waals surface area (Å²) in [5, 5.41) is 8.25. The van der Waals surface area contributed by atoms with Crippen LogP contribution in [-0.2, 0) is 0 Å². The van der Waals surface area contributed by atoms with Crippen molar-refractivity contribution >= 4 is 17.6 Å². The Bertz CT molecular complexity index is 359. The first-order chi connectivity index (χ1) is 6.50. The van der Waals surface area contributed by atoms with E-state index >= 15 is 0 Å². The fourth-order valence-electron chi connectivity index (χ4n) is 0.745. The molecular formula is C7H4ClF2NO3. The van der Waals surface area contributed by atoms with Gasteiger partial charge in [0.1, 0.15) is 5.75 Å². The van der Waals surface area contributed by atoms with Crippen molar-refractivity contribution in [3.63, 3.8) is 0 Å². The molecule has 0 aliphatic rings. The number of nitrogens with zero attached hydrogens (tertiary/aromatic N) is 1. The lowest BCUT2D eigenvalue weighted by Crippen LogP contribution is -2.05. The third kappa shape index (κ3) is 2.53. The number of carbonyl (C=O) groups is 1. The average molecular weight is 224 g/mol. The van der Waals surface area contributed by atoms with Crippen LogP contribution in [-0.4, -0.2) is 22.7 Å². The number of hydrogen-bond acceptors (Lipinski definition) is 3. The molecule has 1 heterocycles. The van der Waals surface area contributed by atoms with Gasteiger partial charge in [0.15, 0.2) is 5.69 Å². The molecule has 0 amide bonds. The molecule has 0 aromatic carbocycles. The maximum absolute atomic E-state index is 11.7. The topological polar surface area (TPSA) is 59.4 Å². The summed E-state index contributed by atoms with van der Waals surface area (Å²) in [5.41, 5.74) is -0.409. The molecule has 0 aliphatic carbocycles. The van der Waals surface area contributed by atoms with Crippen LogP contribution < -0.4 is 4.74 Å². The fraction of sp³-hybridized carbons (Fsp3) is 0.143. The molecule has 4 nitrogen and oxygen atoms in total. The van der Waals surface area contributed by atoms with Gasteiger partial charge in [0, 0.05) is 6.07 Å². The van der Waals surface area contributed by atoms with E-state index in [0.29, 0.717) is 0 Å². The zero-order valence-electron chi connectivity index (χ0n) is 6.58. The zero-order valence-corrected chi connectivity index (χ0v) is 7.33. The molecule has 76 valence electrons. The summed E-state index contributed by atoms with van der Waals surface area (Å²) in [6.07, 6.45) is 0.863. The van der Waals surface area contributed by atoms with E-state index in [-0.39, 0.29) is 10.8 Å². The maximum atomic E-state index is 11.7. The van der Waals surface area contributed by atoms with E-state index in [4.69, 9.17) is 16.7 Å². The molecule has 0 saturated heterocycles. The van der Waals surface area contributed by atoms with E-state index in [1.54, 1.807) is 0 Å². The van der Waals surface area contributed by atoms with Crippen LogP contribution in [0, 0.1) is 0 Å². The molecule has 14 heavy (non-hydrogen) atoms. The number of rotatable bonds is 3. The van der Waals surface area contributed by atoms with Crippen molar-refractivity contribution in [3.8, 4) is 5.75 Å². The lowest BCUT2D eigenvalue weighted by atomic mass is 10.3. The molecular weight excluding hydrogens is 220 g/mol. The SMILES string of the molecule is O=C(O)c1ncc(OC(F)F)cc1Cl. The number of aromatic nitrogens is 1. The van der Waals surface area contributed by atoms with Gasteiger partial charge in [-0.05, 0) is 0 Å². The second-order valence-electron chi connectivity index (χ2n) is 2.19. The first-order valence-electron chi connectivity index (χ1n) is 3.34. The Morgan fingerprint density at radius 3 is 2.71 bits per heavy atom. The summed E-state index contributed by atoms with van der Waals surface area (Å²) in [6, 6.07) is 0.962. The molecule has 7 heteroatoms. The van der Waals surface area contributed by atoms with Gasteiger partial charge in [-0.15, -0.1) is 0 Å². The summed E-state index contributed by atoms with van der Waals surface area (Å²) in [6.45, 7) is -3.00. The highest BCUT2D eigenvalue weighted by Gasteiger charge is 2.12. The molecule has 1 N–H and O–H groups in total. The van der Waals surface area contributed by atoms with Crippen molar-refractivity contribution in [1.82, 2.24) is 4.98 Å². The van der Waals surface area contributed by atoms with E-state index in [2.05, 4.69) is 9.72 Å². The molecule has 0 atom stereocenters. The number of aromatic carboxylic acids is 1. The minimum atomic E-state index is -3.00. The van der Waals surface area contributed by atoms with Gasteiger partial charge in [0.05, 0.1) is 11.2 Å². The van der Waals surface area contributed by atoms with Gasteiger partial charge in [0.25, 0.3) is 0 Å². The first kappa shape index (κ1) is 10.6. The van der Waals surface area contributed by atoms with Gasteiger partial charge >= 0.3 is 12.6 Å². The third-order valence-corrected chi connectivity index (χ3v) is 1.53. The van der Waals surface area contributed by atoms with Gasteiger partial charge in [-0.1, -0.05) is 11.6 Å². The van der Waals surface area contributed by atoms with Gasteiger partial charge in [-0.25, -0.2) is 9.78 Å². The third-order valence-electron chi connectivity index (χ3n) is 1.24. The van der Waals surface area contributed by atoms with Crippen molar-refractivity contribution in [2.45, 2.75) is 6.61 Å². The van der Waals surface area contributed by atoms with Crippen molar-refractivity contribution in [2.75, 3.05) is 0 Å². The zero-order chi connectivity index (χ0) is 10.7. The highest BCUT2D eigenvalue weighted by Crippen LogP contribution is 2.21. The lowest BCUT2D eigenvalue weighted by Gasteiger charge is -2.04. The Labute approximate surface area is 82.1 Å². The van der Waals surface area contributed by atoms with E-state index in [9.17, 15) is 13.6 Å². The predicted octanol–water partition coefficient (Wildman–Crippen LogP) is 2.03. The number of ether oxygens (including phenoxy) is 1. The molecule has 0 unspecified atom stereocenters. The van der Waals surface area contributed by atoms with Gasteiger partial charge < -0.3 is 9.84 Å². The summed E-state index contributed by atoms with van der Waals surface area (Å²) < 4.78 is 27.4. The van der Waals surface area contributed by atoms with Gasteiger partial charge in [-0.3, -0.25) is 0 Å². The van der Waals surface area contributed by atoms with Gasteiger partial charge in [-0.2, -0.15) is 8.78 Å². The van der Waals surface area contributed by atoms with Crippen LogP contribution in [0.2, 0.25) is 5.02 Å². The van der Waals surface area contributed by atoms with Crippen LogP contribution in [0.4, 0.5) is 8.78 Å². The van der Waals surface area contributed by atoms with Crippen LogP contribution in [0.1, 0.15) is 10.5 Å². The Balaban J connectivity index is 2.94. The number of halogens is 3. The predicted molar refractivity (Wildman–Crippen MR) is 42.8 cm³/mol. The highest BCUT2D eigenvalue weighted by molar-refractivity contribution is 6.33. The first-order valence-corrected chi connectivity index (χ1v) is 3.72. The van der Waals surface area contributed by atoms with Crippen LogP contribution in [0.5, 0.6) is 5.75 Å². The number of carboxylic acid groups (broad SMARTS) is 1. The van der Waals surface area contributed by atoms with Crippen LogP contribution in [0.15, 0.2) is 12.3 Å². The molecule has 0 aliphatic heterocycles. The molecule has 0 radical (unpaired) electrons. The Hall–Kier alpha value is -1.43. The highest BCUT2D eigenvalue weighted by atomic mass is 35.5. The van der Waals surface area contributed by atoms with Crippen LogP contribution in [0.3, 0.4) is 0 Å². The maximum Gasteiger partial charge on any atom is 0.387 e. The van der Waals surface area contributed by atoms with Crippen LogP contribution in [0.25, 0.3) is 0 Å². The minimum absolute atomic E-state index is 0.254. The summed E-state index contributed by atoms with van der Waals surface area (Å²) >= 11 is 5.44. The monoisotopic (exact) mass is 223 g/mol. The fourth-order valence-corrected chi connectivity index (χ4v) is 0.982. The molecule has 1 rings (SSSR count). The second kappa shape index (κ2) is 4.19. The number of carboxylic acids is 1. The summed E-state index contributed by atoms with van der Waals surface area (Å²) in [4.78, 5) is 13.8. The Morgan fingerprint density at radius 1 is 1.64 bits per heavy atom. The molecule has 1 aromatic heterocycles. The van der Waals surface area contributed by atoms with E-state index in [1.165, 1.54) is 0 Å². The molecule has 0 fully saturated rings. The quantitative estimate of drug-likeness (QED) is 0.852. The smallest absolute Gasteiger partial charge is 0.387 e.